The summed E-state index contributed by atoms with van der Waals surface area (Å²) < 4.78 is 1.84. The summed E-state index contributed by atoms with van der Waals surface area (Å²) in [5, 5.41) is 5.68. The number of nitrogens with one attached hydrogen (secondary N) is 2. The van der Waals surface area contributed by atoms with E-state index in [1.54, 1.807) is 13.2 Å². The van der Waals surface area contributed by atoms with E-state index in [4.69, 9.17) is 4.98 Å². The van der Waals surface area contributed by atoms with Gasteiger partial charge in [-0.1, -0.05) is 46.4 Å². The smallest absolute Gasteiger partial charge is 0.239 e. The van der Waals surface area contributed by atoms with Crippen LogP contribution in [0.15, 0.2) is 35.5 Å². The maximum atomic E-state index is 13.8. The van der Waals surface area contributed by atoms with Crippen molar-refractivity contribution in [3.05, 3.63) is 47.7 Å². The fourth-order valence-corrected chi connectivity index (χ4v) is 4.88. The fraction of sp³-hybridized carbons (Fsp3) is 0.519. The molecule has 2 N–H and O–H groups in total. The van der Waals surface area contributed by atoms with Gasteiger partial charge < -0.3 is 20.1 Å². The monoisotopic (exact) mass is 494 g/mol. The number of ketones is 1. The zero-order chi connectivity index (χ0) is 26.4. The van der Waals surface area contributed by atoms with Gasteiger partial charge in [-0.25, -0.2) is 4.98 Å². The highest BCUT2D eigenvalue weighted by atomic mass is 16.2. The van der Waals surface area contributed by atoms with E-state index in [2.05, 4.69) is 35.7 Å². The molecule has 9 heteroatoms. The van der Waals surface area contributed by atoms with E-state index < -0.39 is 0 Å². The summed E-state index contributed by atoms with van der Waals surface area (Å²) >= 11 is 0. The summed E-state index contributed by atoms with van der Waals surface area (Å²) in [6, 6.07) is 0. The average Bonchev–Trinajstić information content (AvgIpc) is 3.40. The Labute approximate surface area is 213 Å². The van der Waals surface area contributed by atoms with Crippen molar-refractivity contribution in [3.63, 3.8) is 0 Å². The average molecular weight is 495 g/mol. The minimum atomic E-state index is -0.128. The van der Waals surface area contributed by atoms with Gasteiger partial charge in [-0.15, -0.1) is 0 Å². The minimum absolute atomic E-state index is 0.0149. The first-order valence-electron chi connectivity index (χ1n) is 12.7. The van der Waals surface area contributed by atoms with Crippen molar-refractivity contribution in [2.75, 3.05) is 26.7 Å². The molecule has 2 aliphatic heterocycles. The van der Waals surface area contributed by atoms with Crippen LogP contribution in [-0.2, 0) is 9.59 Å². The predicted octanol–water partition coefficient (Wildman–Crippen LogP) is 3.25. The van der Waals surface area contributed by atoms with Crippen molar-refractivity contribution in [3.8, 4) is 0 Å². The maximum absolute atomic E-state index is 13.8. The van der Waals surface area contributed by atoms with Crippen molar-refractivity contribution in [2.24, 2.45) is 10.9 Å². The first-order chi connectivity index (χ1) is 17.2. The zero-order valence-electron chi connectivity index (χ0n) is 21.9. The number of carbonyl (C=O) groups excluding carboxylic acids is 3. The van der Waals surface area contributed by atoms with Crippen LogP contribution in [0, 0.1) is 5.92 Å². The topological polar surface area (TPSA) is 109 Å². The summed E-state index contributed by atoms with van der Waals surface area (Å²) in [5.41, 5.74) is 2.68. The summed E-state index contributed by atoms with van der Waals surface area (Å²) in [7, 11) is 1.67. The van der Waals surface area contributed by atoms with Gasteiger partial charge in [-0.3, -0.25) is 19.4 Å². The number of nitrogens with zero attached hydrogens (tertiary/aromatic N) is 4. The van der Waals surface area contributed by atoms with Crippen LogP contribution in [0.5, 0.6) is 0 Å². The SMILES string of the molecule is C=Cn1c(C(=NC)N2CCNC(=O)C2)nc(C(=O)C(CC)CCC)c1C(C)C/C=C1/NC(=O)CC1=C. The summed E-state index contributed by atoms with van der Waals surface area (Å²) in [4.78, 5) is 48.8. The molecule has 1 aromatic heterocycles. The van der Waals surface area contributed by atoms with Crippen molar-refractivity contribution < 1.29 is 14.4 Å². The molecule has 194 valence electrons. The Morgan fingerprint density at radius 1 is 1.28 bits per heavy atom. The van der Waals surface area contributed by atoms with Gasteiger partial charge in [0.05, 0.1) is 18.7 Å². The Kier molecular flexibility index (Phi) is 9.01. The van der Waals surface area contributed by atoms with Crippen molar-refractivity contribution in [1.29, 1.82) is 0 Å². The number of amides is 2. The molecule has 1 aromatic rings. The Morgan fingerprint density at radius 2 is 2.03 bits per heavy atom. The van der Waals surface area contributed by atoms with E-state index in [1.807, 2.05) is 29.4 Å². The number of aliphatic imine (C=N–C) groups is 1. The molecule has 3 heterocycles. The molecular weight excluding hydrogens is 456 g/mol. The second kappa shape index (κ2) is 12.0. The first-order valence-corrected chi connectivity index (χ1v) is 12.7. The van der Waals surface area contributed by atoms with Crippen LogP contribution >= 0.6 is 0 Å². The zero-order valence-corrected chi connectivity index (χ0v) is 21.9. The number of piperazine rings is 1. The van der Waals surface area contributed by atoms with Crippen molar-refractivity contribution >= 4 is 29.6 Å². The molecule has 0 aliphatic carbocycles. The molecular formula is C27H38N6O3. The number of hydrogen-bond donors (Lipinski definition) is 2. The van der Waals surface area contributed by atoms with Crippen LogP contribution in [0.1, 0.15) is 80.8 Å². The van der Waals surface area contributed by atoms with Crippen LogP contribution in [0.2, 0.25) is 0 Å². The lowest BCUT2D eigenvalue weighted by atomic mass is 9.90. The molecule has 9 nitrogen and oxygen atoms in total. The van der Waals surface area contributed by atoms with Crippen LogP contribution in [0.4, 0.5) is 0 Å². The number of aromatic nitrogens is 2. The molecule has 0 bridgehead atoms. The first kappa shape index (κ1) is 27.1. The Balaban J connectivity index is 2.08. The molecule has 0 spiro atoms. The number of allylic oxidation sites excluding steroid dienone is 2. The van der Waals surface area contributed by atoms with E-state index in [9.17, 15) is 14.4 Å². The third kappa shape index (κ3) is 5.66. The number of carbonyl (C=O) groups is 3. The largest absolute Gasteiger partial charge is 0.353 e. The number of rotatable bonds is 10. The molecule has 2 aliphatic rings. The van der Waals surface area contributed by atoms with Gasteiger partial charge in [-0.05, 0) is 24.8 Å². The third-order valence-corrected chi connectivity index (χ3v) is 6.79. The Bertz CT molecular complexity index is 1110. The van der Waals surface area contributed by atoms with E-state index in [-0.39, 0.29) is 36.0 Å². The second-order valence-corrected chi connectivity index (χ2v) is 9.38. The molecule has 36 heavy (non-hydrogen) atoms. The summed E-state index contributed by atoms with van der Waals surface area (Å²) in [5.74, 6) is 0.693. The second-order valence-electron chi connectivity index (χ2n) is 9.38. The minimum Gasteiger partial charge on any atom is -0.353 e. The van der Waals surface area contributed by atoms with Crippen LogP contribution in [-0.4, -0.2) is 64.6 Å². The highest BCUT2D eigenvalue weighted by Crippen LogP contribution is 2.31. The standard InChI is InChI=1S/C27H38N6O3/c1-7-10-19(8-2)25(36)23-24(17(4)11-12-20-18(5)15-21(34)30-20)33(9-3)27(31-23)26(28-6)32-14-13-29-22(35)16-32/h9,12,17,19H,3,5,7-8,10-11,13-16H2,1-2,4,6H3,(H,29,35)(H,30,34)/b20-12+,28-26?. The Hall–Kier alpha value is -3.49. The van der Waals surface area contributed by atoms with Gasteiger partial charge in [0.15, 0.2) is 17.4 Å². The van der Waals surface area contributed by atoms with E-state index in [1.165, 1.54) is 0 Å². The van der Waals surface area contributed by atoms with E-state index in [0.717, 1.165) is 36.2 Å². The lowest BCUT2D eigenvalue weighted by Gasteiger charge is -2.29. The van der Waals surface area contributed by atoms with Crippen LogP contribution in [0.25, 0.3) is 6.20 Å². The van der Waals surface area contributed by atoms with Crippen LogP contribution < -0.4 is 10.6 Å². The van der Waals surface area contributed by atoms with Crippen molar-refractivity contribution in [1.82, 2.24) is 25.1 Å². The number of hydrogen-bond acceptors (Lipinski definition) is 5. The highest BCUT2D eigenvalue weighted by molar-refractivity contribution is 6.03. The molecule has 2 fully saturated rings. The molecule has 2 saturated heterocycles. The third-order valence-electron chi connectivity index (χ3n) is 6.79. The fourth-order valence-electron chi connectivity index (χ4n) is 4.88. The lowest BCUT2D eigenvalue weighted by molar-refractivity contribution is -0.123. The Morgan fingerprint density at radius 3 is 2.58 bits per heavy atom. The molecule has 2 atom stereocenters. The van der Waals surface area contributed by atoms with Gasteiger partial charge in [0.1, 0.15) is 5.69 Å². The summed E-state index contributed by atoms with van der Waals surface area (Å²) in [6.45, 7) is 15.4. The number of imidazole rings is 1. The predicted molar refractivity (Wildman–Crippen MR) is 142 cm³/mol. The quantitative estimate of drug-likeness (QED) is 0.295. The van der Waals surface area contributed by atoms with Crippen LogP contribution in [0.3, 0.4) is 0 Å². The normalized spacial score (nSPS) is 19.3. The highest BCUT2D eigenvalue weighted by Gasteiger charge is 2.32. The van der Waals surface area contributed by atoms with Gasteiger partial charge in [-0.2, -0.15) is 0 Å². The van der Waals surface area contributed by atoms with E-state index in [0.29, 0.717) is 43.3 Å². The molecule has 2 amide bonds. The molecule has 0 saturated carbocycles. The van der Waals surface area contributed by atoms with Gasteiger partial charge >= 0.3 is 0 Å². The number of Topliss-reactive ketones (excluding diaryl/α,β-unsaturated/α-hetero) is 1. The van der Waals surface area contributed by atoms with Crippen molar-refractivity contribution in [2.45, 2.75) is 58.8 Å². The molecule has 3 rings (SSSR count). The maximum Gasteiger partial charge on any atom is 0.239 e. The number of amidine groups is 1. The molecule has 0 aromatic carbocycles. The molecule has 2 unspecified atom stereocenters. The lowest BCUT2D eigenvalue weighted by Crippen LogP contribution is -2.50. The summed E-state index contributed by atoms with van der Waals surface area (Å²) in [6.07, 6.45) is 6.91. The van der Waals surface area contributed by atoms with Gasteiger partial charge in [0, 0.05) is 43.9 Å². The van der Waals surface area contributed by atoms with Gasteiger partial charge in [0.2, 0.25) is 11.8 Å². The molecule has 0 radical (unpaired) electrons. The van der Waals surface area contributed by atoms with E-state index >= 15 is 0 Å². The van der Waals surface area contributed by atoms with Gasteiger partial charge in [0.25, 0.3) is 0 Å².